The molecular weight excluding hydrogens is 410 g/mol. The zero-order valence-corrected chi connectivity index (χ0v) is 17.0. The van der Waals surface area contributed by atoms with Crippen LogP contribution in [0.1, 0.15) is 10.6 Å². The maximum atomic E-state index is 12.8. The number of benzene rings is 2. The molecule has 30 heavy (non-hydrogen) atoms. The van der Waals surface area contributed by atoms with Gasteiger partial charge in [-0.2, -0.15) is 4.99 Å². The summed E-state index contributed by atoms with van der Waals surface area (Å²) in [5.74, 6) is 0.0487. The minimum absolute atomic E-state index is 0.0336. The van der Waals surface area contributed by atoms with E-state index in [0.29, 0.717) is 34.8 Å². The summed E-state index contributed by atoms with van der Waals surface area (Å²) in [7, 11) is 3.08. The molecule has 4 rings (SSSR count). The maximum Gasteiger partial charge on any atom is 0.315 e. The first-order chi connectivity index (χ1) is 14.5. The molecule has 0 bridgehead atoms. The third kappa shape index (κ3) is 3.58. The van der Waals surface area contributed by atoms with E-state index in [4.69, 9.17) is 13.9 Å². The molecule has 0 atom stereocenters. The Labute approximate surface area is 173 Å². The summed E-state index contributed by atoms with van der Waals surface area (Å²) in [4.78, 5) is 28.1. The Morgan fingerprint density at radius 2 is 2.10 bits per heavy atom. The second-order valence-corrected chi connectivity index (χ2v) is 7.35. The summed E-state index contributed by atoms with van der Waals surface area (Å²) in [6.07, 6.45) is 0. The topological polar surface area (TPSA) is 109 Å². The molecule has 2 heterocycles. The number of nitrogens with zero attached hydrogens (tertiary/aromatic N) is 3. The van der Waals surface area contributed by atoms with E-state index in [1.165, 1.54) is 30.6 Å². The number of nitro benzene ring substituents is 1. The zero-order valence-electron chi connectivity index (χ0n) is 16.2. The number of fused-ring (bicyclic) bond motifs is 2. The van der Waals surface area contributed by atoms with Crippen molar-refractivity contribution in [3.05, 3.63) is 63.1 Å². The number of nitro groups is 1. The number of furan rings is 1. The Balaban J connectivity index is 1.83. The van der Waals surface area contributed by atoms with Gasteiger partial charge in [-0.1, -0.05) is 23.5 Å². The standard InChI is InChI=1S/C20H17N3O6S/c1-27-9-8-22-14-11-13(23(25)26)6-7-17(14)30-20(22)21-19(24)16-10-12-4-3-5-15(28-2)18(12)29-16/h3-7,10-11H,8-9H2,1-2H3. The van der Waals surface area contributed by atoms with Gasteiger partial charge in [0, 0.05) is 31.2 Å². The average molecular weight is 427 g/mol. The number of non-ortho nitro benzene ring substituents is 1. The van der Waals surface area contributed by atoms with Crippen LogP contribution in [0.4, 0.5) is 5.69 Å². The van der Waals surface area contributed by atoms with Gasteiger partial charge in [-0.05, 0) is 18.2 Å². The summed E-state index contributed by atoms with van der Waals surface area (Å²) in [6, 6.07) is 11.5. The third-order valence-electron chi connectivity index (χ3n) is 4.53. The van der Waals surface area contributed by atoms with Gasteiger partial charge in [-0.15, -0.1) is 0 Å². The van der Waals surface area contributed by atoms with E-state index in [2.05, 4.69) is 4.99 Å². The number of ether oxygens (including phenoxy) is 2. The number of amides is 1. The van der Waals surface area contributed by atoms with E-state index in [1.807, 2.05) is 6.07 Å². The minimum atomic E-state index is -0.555. The molecule has 10 heteroatoms. The summed E-state index contributed by atoms with van der Waals surface area (Å²) < 4.78 is 18.6. The lowest BCUT2D eigenvalue weighted by Gasteiger charge is -2.04. The Kier molecular flexibility index (Phi) is 5.34. The normalized spacial score (nSPS) is 12.0. The highest BCUT2D eigenvalue weighted by molar-refractivity contribution is 7.16. The number of thiazole rings is 1. The van der Waals surface area contributed by atoms with E-state index in [9.17, 15) is 14.9 Å². The van der Waals surface area contributed by atoms with Crippen LogP contribution in [0.2, 0.25) is 0 Å². The number of carbonyl (C=O) groups is 1. The minimum Gasteiger partial charge on any atom is -0.493 e. The second-order valence-electron chi connectivity index (χ2n) is 6.34. The molecule has 2 aromatic heterocycles. The second kappa shape index (κ2) is 8.09. The van der Waals surface area contributed by atoms with Crippen LogP contribution >= 0.6 is 11.3 Å². The van der Waals surface area contributed by atoms with Crippen molar-refractivity contribution in [2.75, 3.05) is 20.8 Å². The molecule has 154 valence electrons. The maximum absolute atomic E-state index is 12.8. The number of aromatic nitrogens is 1. The van der Waals surface area contributed by atoms with Crippen LogP contribution in [0.15, 0.2) is 51.9 Å². The molecule has 0 spiro atoms. The summed E-state index contributed by atoms with van der Waals surface area (Å²) in [5.41, 5.74) is 1.05. The zero-order chi connectivity index (χ0) is 21.3. The largest absolute Gasteiger partial charge is 0.493 e. The lowest BCUT2D eigenvalue weighted by atomic mass is 10.2. The Bertz CT molecular complexity index is 1330. The average Bonchev–Trinajstić information content (AvgIpc) is 3.32. The fraction of sp³-hybridized carbons (Fsp3) is 0.200. The number of methoxy groups -OCH3 is 2. The summed E-state index contributed by atoms with van der Waals surface area (Å²) >= 11 is 1.26. The molecule has 0 N–H and O–H groups in total. The van der Waals surface area contributed by atoms with Crippen molar-refractivity contribution in [1.29, 1.82) is 0 Å². The van der Waals surface area contributed by atoms with Crippen molar-refractivity contribution in [2.24, 2.45) is 4.99 Å². The van der Waals surface area contributed by atoms with Crippen LogP contribution in [-0.4, -0.2) is 36.2 Å². The van der Waals surface area contributed by atoms with Gasteiger partial charge in [0.2, 0.25) is 0 Å². The van der Waals surface area contributed by atoms with Crippen molar-refractivity contribution in [3.63, 3.8) is 0 Å². The van der Waals surface area contributed by atoms with E-state index in [-0.39, 0.29) is 11.4 Å². The van der Waals surface area contributed by atoms with Gasteiger partial charge in [-0.3, -0.25) is 14.9 Å². The quantitative estimate of drug-likeness (QED) is 0.342. The smallest absolute Gasteiger partial charge is 0.315 e. The molecule has 9 nitrogen and oxygen atoms in total. The molecule has 0 saturated carbocycles. The highest BCUT2D eigenvalue weighted by Crippen LogP contribution is 2.29. The first-order valence-electron chi connectivity index (χ1n) is 8.94. The molecule has 0 radical (unpaired) electrons. The predicted octanol–water partition coefficient (Wildman–Crippen LogP) is 3.75. The van der Waals surface area contributed by atoms with E-state index < -0.39 is 10.8 Å². The summed E-state index contributed by atoms with van der Waals surface area (Å²) in [5, 5.41) is 11.9. The highest BCUT2D eigenvalue weighted by Gasteiger charge is 2.17. The van der Waals surface area contributed by atoms with Crippen LogP contribution in [0.25, 0.3) is 21.2 Å². The lowest BCUT2D eigenvalue weighted by Crippen LogP contribution is -2.19. The molecule has 1 amide bonds. The van der Waals surface area contributed by atoms with Crippen molar-refractivity contribution >= 4 is 44.1 Å². The van der Waals surface area contributed by atoms with Crippen molar-refractivity contribution in [2.45, 2.75) is 6.54 Å². The Morgan fingerprint density at radius 3 is 2.83 bits per heavy atom. The Hall–Kier alpha value is -3.50. The van der Waals surface area contributed by atoms with Gasteiger partial charge in [0.15, 0.2) is 21.9 Å². The predicted molar refractivity (Wildman–Crippen MR) is 111 cm³/mol. The molecule has 0 aliphatic carbocycles. The fourth-order valence-corrected chi connectivity index (χ4v) is 4.13. The van der Waals surface area contributed by atoms with Crippen LogP contribution < -0.4 is 9.54 Å². The van der Waals surface area contributed by atoms with Crippen molar-refractivity contribution in [1.82, 2.24) is 4.57 Å². The number of hydrogen-bond donors (Lipinski definition) is 0. The number of carbonyl (C=O) groups excluding carboxylic acids is 1. The van der Waals surface area contributed by atoms with Crippen LogP contribution in [0.3, 0.4) is 0 Å². The molecule has 2 aromatic carbocycles. The molecule has 0 aliphatic rings. The molecule has 0 saturated heterocycles. The molecule has 0 aliphatic heterocycles. The van der Waals surface area contributed by atoms with Crippen molar-refractivity contribution < 1.29 is 23.6 Å². The summed E-state index contributed by atoms with van der Waals surface area (Å²) in [6.45, 7) is 0.746. The van der Waals surface area contributed by atoms with Gasteiger partial charge in [0.25, 0.3) is 5.69 Å². The van der Waals surface area contributed by atoms with Crippen LogP contribution in [0, 0.1) is 10.1 Å². The van der Waals surface area contributed by atoms with Gasteiger partial charge in [0.05, 0.1) is 28.9 Å². The number of hydrogen-bond acceptors (Lipinski definition) is 7. The number of para-hydroxylation sites is 1. The van der Waals surface area contributed by atoms with Crippen molar-refractivity contribution in [3.8, 4) is 5.75 Å². The fourth-order valence-electron chi connectivity index (χ4n) is 3.10. The van der Waals surface area contributed by atoms with Gasteiger partial charge >= 0.3 is 5.91 Å². The third-order valence-corrected chi connectivity index (χ3v) is 5.59. The molecule has 0 fully saturated rings. The molecule has 0 unspecified atom stereocenters. The highest BCUT2D eigenvalue weighted by atomic mass is 32.1. The van der Waals surface area contributed by atoms with Crippen LogP contribution in [-0.2, 0) is 11.3 Å². The number of rotatable bonds is 6. The molecular formula is C20H17N3O6S. The van der Waals surface area contributed by atoms with E-state index >= 15 is 0 Å². The first kappa shape index (κ1) is 19.8. The Morgan fingerprint density at radius 1 is 1.27 bits per heavy atom. The van der Waals surface area contributed by atoms with E-state index in [1.54, 1.807) is 35.9 Å². The van der Waals surface area contributed by atoms with Crippen LogP contribution in [0.5, 0.6) is 5.75 Å². The van der Waals surface area contributed by atoms with Gasteiger partial charge in [-0.25, -0.2) is 0 Å². The van der Waals surface area contributed by atoms with Gasteiger partial charge in [0.1, 0.15) is 0 Å². The first-order valence-corrected chi connectivity index (χ1v) is 9.76. The lowest BCUT2D eigenvalue weighted by molar-refractivity contribution is -0.384. The van der Waals surface area contributed by atoms with Gasteiger partial charge < -0.3 is 18.5 Å². The van der Waals surface area contributed by atoms with E-state index in [0.717, 1.165) is 10.1 Å². The molecule has 4 aromatic rings. The SMILES string of the molecule is COCCn1c(=NC(=O)c2cc3cccc(OC)c3o2)sc2ccc([N+](=O)[O-])cc21. The monoisotopic (exact) mass is 427 g/mol.